The van der Waals surface area contributed by atoms with Gasteiger partial charge in [-0.2, -0.15) is 0 Å². The Morgan fingerprint density at radius 3 is 2.56 bits per heavy atom. The van der Waals surface area contributed by atoms with Gasteiger partial charge in [-0.15, -0.1) is 0 Å². The fraction of sp³-hybridized carbons (Fsp3) is 0.833. The number of carbonyl (C=O) groups excluding carboxylic acids is 1. The molecule has 1 aliphatic carbocycles. The Balaban J connectivity index is 2.11. The molecule has 0 bridgehead atoms. The molecule has 0 aromatic carbocycles. The molecule has 2 N–H and O–H groups in total. The predicted octanol–water partition coefficient (Wildman–Crippen LogP) is 0.0392. The molecule has 0 unspecified atom stereocenters. The second kappa shape index (κ2) is 2.35. The smallest absolute Gasteiger partial charge is 0.302 e. The van der Waals surface area contributed by atoms with E-state index in [1.54, 1.807) is 0 Å². The molecule has 1 aliphatic rings. The quantitative estimate of drug-likeness (QED) is 0.508. The van der Waals surface area contributed by atoms with Crippen LogP contribution in [0.2, 0.25) is 0 Å². The van der Waals surface area contributed by atoms with E-state index in [1.807, 2.05) is 0 Å². The Morgan fingerprint density at radius 2 is 2.22 bits per heavy atom. The highest BCUT2D eigenvalue weighted by atomic mass is 16.5. The maximum absolute atomic E-state index is 10.3. The Bertz CT molecular complexity index is 118. The van der Waals surface area contributed by atoms with E-state index in [0.717, 1.165) is 12.8 Å². The average Bonchev–Trinajstić information content (AvgIpc) is 1.60. The minimum absolute atomic E-state index is 0.109. The maximum atomic E-state index is 10.3. The van der Waals surface area contributed by atoms with Crippen molar-refractivity contribution in [2.24, 2.45) is 5.73 Å². The van der Waals surface area contributed by atoms with Gasteiger partial charge in [0.25, 0.3) is 0 Å². The lowest BCUT2D eigenvalue weighted by molar-refractivity contribution is -0.150. The molecule has 1 saturated carbocycles. The fourth-order valence-corrected chi connectivity index (χ4v) is 0.937. The van der Waals surface area contributed by atoms with E-state index >= 15 is 0 Å². The van der Waals surface area contributed by atoms with Crippen LogP contribution < -0.4 is 5.73 Å². The summed E-state index contributed by atoms with van der Waals surface area (Å²) in [6.07, 6.45) is 1.77. The molecule has 0 saturated heterocycles. The molecule has 0 atom stereocenters. The van der Waals surface area contributed by atoms with Crippen molar-refractivity contribution in [1.29, 1.82) is 0 Å². The summed E-state index contributed by atoms with van der Waals surface area (Å²) in [6, 6.07) is 0.259. The van der Waals surface area contributed by atoms with Crippen LogP contribution in [0.3, 0.4) is 0 Å². The van der Waals surface area contributed by atoms with Gasteiger partial charge in [-0.3, -0.25) is 4.79 Å². The van der Waals surface area contributed by atoms with Crippen molar-refractivity contribution in [1.82, 2.24) is 0 Å². The van der Waals surface area contributed by atoms with E-state index in [-0.39, 0.29) is 18.1 Å². The highest BCUT2D eigenvalue weighted by Gasteiger charge is 2.27. The van der Waals surface area contributed by atoms with Crippen LogP contribution in [0.5, 0.6) is 0 Å². The number of hydrogen-bond donors (Lipinski definition) is 1. The third kappa shape index (κ3) is 1.68. The molecule has 9 heavy (non-hydrogen) atoms. The zero-order valence-corrected chi connectivity index (χ0v) is 5.46. The molecule has 1 fully saturated rings. The van der Waals surface area contributed by atoms with E-state index < -0.39 is 0 Å². The fourth-order valence-electron chi connectivity index (χ4n) is 0.937. The van der Waals surface area contributed by atoms with Gasteiger partial charge in [-0.25, -0.2) is 0 Å². The number of ether oxygens (including phenoxy) is 1. The monoisotopic (exact) mass is 129 g/mol. The van der Waals surface area contributed by atoms with Gasteiger partial charge in [0.05, 0.1) is 0 Å². The summed E-state index contributed by atoms with van der Waals surface area (Å²) in [5.74, 6) is -0.202. The van der Waals surface area contributed by atoms with E-state index in [0.29, 0.717) is 0 Å². The summed E-state index contributed by atoms with van der Waals surface area (Å²) in [7, 11) is 0. The lowest BCUT2D eigenvalue weighted by atomic mass is 9.90. The normalized spacial score (nSPS) is 33.1. The zero-order chi connectivity index (χ0) is 6.85. The van der Waals surface area contributed by atoms with Crippen LogP contribution >= 0.6 is 0 Å². The van der Waals surface area contributed by atoms with E-state index in [2.05, 4.69) is 0 Å². The van der Waals surface area contributed by atoms with Crippen LogP contribution in [-0.2, 0) is 9.53 Å². The largest absolute Gasteiger partial charge is 0.462 e. The molecule has 0 amide bonds. The highest BCUT2D eigenvalue weighted by molar-refractivity contribution is 5.66. The van der Waals surface area contributed by atoms with Gasteiger partial charge in [0.2, 0.25) is 0 Å². The Hall–Kier alpha value is -0.570. The van der Waals surface area contributed by atoms with E-state index in [4.69, 9.17) is 10.5 Å². The predicted molar refractivity (Wildman–Crippen MR) is 32.8 cm³/mol. The number of carbonyl (C=O) groups is 1. The van der Waals surface area contributed by atoms with Crippen LogP contribution in [-0.4, -0.2) is 18.1 Å². The summed E-state index contributed by atoms with van der Waals surface area (Å²) in [5.41, 5.74) is 5.45. The summed E-state index contributed by atoms with van der Waals surface area (Å²) in [6.45, 7) is 1.42. The van der Waals surface area contributed by atoms with Crippen LogP contribution in [0.15, 0.2) is 0 Å². The molecule has 0 heterocycles. The zero-order valence-electron chi connectivity index (χ0n) is 5.46. The number of esters is 1. The van der Waals surface area contributed by atoms with Gasteiger partial charge in [0.1, 0.15) is 6.10 Å². The number of hydrogen-bond acceptors (Lipinski definition) is 3. The second-order valence-electron chi connectivity index (χ2n) is 2.46. The first-order valence-corrected chi connectivity index (χ1v) is 3.11. The van der Waals surface area contributed by atoms with Gasteiger partial charge < -0.3 is 10.5 Å². The van der Waals surface area contributed by atoms with Gasteiger partial charge in [0, 0.05) is 13.0 Å². The summed E-state index contributed by atoms with van der Waals surface area (Å²) in [5, 5.41) is 0. The van der Waals surface area contributed by atoms with Gasteiger partial charge in [-0.1, -0.05) is 0 Å². The third-order valence-electron chi connectivity index (χ3n) is 1.46. The molecule has 1 rings (SSSR count). The first kappa shape index (κ1) is 6.55. The van der Waals surface area contributed by atoms with Crippen molar-refractivity contribution in [3.8, 4) is 0 Å². The Labute approximate surface area is 54.2 Å². The molecular weight excluding hydrogens is 118 g/mol. The summed E-state index contributed by atoms with van der Waals surface area (Å²) < 4.78 is 4.84. The molecular formula is C6H11NO2. The first-order valence-electron chi connectivity index (χ1n) is 3.11. The van der Waals surface area contributed by atoms with Gasteiger partial charge >= 0.3 is 5.97 Å². The molecule has 0 spiro atoms. The van der Waals surface area contributed by atoms with Crippen molar-refractivity contribution in [2.75, 3.05) is 0 Å². The van der Waals surface area contributed by atoms with Gasteiger partial charge in [-0.05, 0) is 12.8 Å². The van der Waals surface area contributed by atoms with Crippen molar-refractivity contribution < 1.29 is 9.53 Å². The van der Waals surface area contributed by atoms with Crippen molar-refractivity contribution >= 4 is 5.97 Å². The SMILES string of the molecule is CC(=O)O[C@H]1C[C@@H](N)C1. The molecule has 3 heteroatoms. The molecule has 0 radical (unpaired) electrons. The lowest BCUT2D eigenvalue weighted by Gasteiger charge is -2.31. The van der Waals surface area contributed by atoms with Crippen molar-refractivity contribution in [2.45, 2.75) is 31.9 Å². The third-order valence-corrected chi connectivity index (χ3v) is 1.46. The van der Waals surface area contributed by atoms with Crippen molar-refractivity contribution in [3.63, 3.8) is 0 Å². The second-order valence-corrected chi connectivity index (χ2v) is 2.46. The number of nitrogens with two attached hydrogens (primary N) is 1. The summed E-state index contributed by atoms with van der Waals surface area (Å²) >= 11 is 0. The first-order chi connectivity index (χ1) is 4.18. The highest BCUT2D eigenvalue weighted by Crippen LogP contribution is 2.20. The molecule has 0 aromatic rings. The van der Waals surface area contributed by atoms with Crippen LogP contribution in [0.4, 0.5) is 0 Å². The van der Waals surface area contributed by atoms with E-state index in [1.165, 1.54) is 6.92 Å². The van der Waals surface area contributed by atoms with Crippen LogP contribution in [0.25, 0.3) is 0 Å². The Kier molecular flexibility index (Phi) is 1.71. The average molecular weight is 129 g/mol. The maximum Gasteiger partial charge on any atom is 0.302 e. The lowest BCUT2D eigenvalue weighted by Crippen LogP contribution is -2.42. The molecule has 0 aliphatic heterocycles. The standard InChI is InChI=1S/C6H11NO2/c1-4(8)9-6-2-5(7)3-6/h5-6H,2-3,7H2,1H3/t5-,6+. The summed E-state index contributed by atoms with van der Waals surface area (Å²) in [4.78, 5) is 10.3. The molecule has 52 valence electrons. The minimum atomic E-state index is -0.202. The number of rotatable bonds is 1. The van der Waals surface area contributed by atoms with Crippen molar-refractivity contribution in [3.05, 3.63) is 0 Å². The van der Waals surface area contributed by atoms with Gasteiger partial charge in [0.15, 0.2) is 0 Å². The Morgan fingerprint density at radius 1 is 1.67 bits per heavy atom. The molecule has 3 nitrogen and oxygen atoms in total. The minimum Gasteiger partial charge on any atom is -0.462 e. The topological polar surface area (TPSA) is 52.3 Å². The van der Waals surface area contributed by atoms with E-state index in [9.17, 15) is 4.79 Å². The van der Waals surface area contributed by atoms with Crippen LogP contribution in [0.1, 0.15) is 19.8 Å². The molecule has 0 aromatic heterocycles. The van der Waals surface area contributed by atoms with Crippen LogP contribution in [0, 0.1) is 0 Å².